The second-order valence-electron chi connectivity index (χ2n) is 6.06. The van der Waals surface area contributed by atoms with Crippen molar-refractivity contribution >= 4 is 0 Å². The summed E-state index contributed by atoms with van der Waals surface area (Å²) in [6, 6.07) is 5.24. The van der Waals surface area contributed by atoms with Crippen LogP contribution >= 0.6 is 0 Å². The van der Waals surface area contributed by atoms with Crippen molar-refractivity contribution in [3.05, 3.63) is 29.6 Å². The molecule has 3 rings (SSSR count). The van der Waals surface area contributed by atoms with Crippen molar-refractivity contribution in [3.63, 3.8) is 0 Å². The first-order valence-electron chi connectivity index (χ1n) is 7.69. The summed E-state index contributed by atoms with van der Waals surface area (Å²) < 4.78 is 0. The molecule has 2 fully saturated rings. The molecule has 0 aromatic carbocycles. The molecule has 19 heavy (non-hydrogen) atoms. The average Bonchev–Trinajstić information content (AvgIpc) is 2.85. The van der Waals surface area contributed by atoms with E-state index < -0.39 is 0 Å². The molecule has 0 amide bonds. The second kappa shape index (κ2) is 6.02. The third kappa shape index (κ3) is 2.98. The van der Waals surface area contributed by atoms with E-state index in [0.29, 0.717) is 0 Å². The van der Waals surface area contributed by atoms with Crippen LogP contribution in [-0.2, 0) is 13.1 Å². The lowest BCUT2D eigenvalue weighted by molar-refractivity contribution is 0.174. The lowest BCUT2D eigenvalue weighted by atomic mass is 9.85. The standard InChI is InChI=1S/C16H25N3/c1-17-10-13-6-7-15(18-11-13)12-19-9-8-14-4-2-3-5-16(14)19/h6-7,11,14,16-17H,2-5,8-10,12H2,1H3. The van der Waals surface area contributed by atoms with E-state index in [0.717, 1.165) is 25.0 Å². The predicted octanol–water partition coefficient (Wildman–Crippen LogP) is 2.57. The zero-order chi connectivity index (χ0) is 13.1. The lowest BCUT2D eigenvalue weighted by Gasteiger charge is -2.31. The number of aromatic nitrogens is 1. The zero-order valence-electron chi connectivity index (χ0n) is 11.9. The van der Waals surface area contributed by atoms with E-state index in [4.69, 9.17) is 0 Å². The zero-order valence-corrected chi connectivity index (χ0v) is 11.9. The fraction of sp³-hybridized carbons (Fsp3) is 0.688. The summed E-state index contributed by atoms with van der Waals surface area (Å²) in [6.07, 6.45) is 9.15. The number of nitrogens with one attached hydrogen (secondary N) is 1. The summed E-state index contributed by atoms with van der Waals surface area (Å²) in [6.45, 7) is 3.22. The Kier molecular flexibility index (Phi) is 4.14. The largest absolute Gasteiger partial charge is 0.316 e. The third-order valence-electron chi connectivity index (χ3n) is 4.76. The highest BCUT2D eigenvalue weighted by atomic mass is 15.2. The molecule has 1 saturated carbocycles. The first-order valence-corrected chi connectivity index (χ1v) is 7.69. The highest BCUT2D eigenvalue weighted by molar-refractivity contribution is 5.14. The van der Waals surface area contributed by atoms with E-state index in [1.807, 2.05) is 13.2 Å². The molecule has 104 valence electrons. The second-order valence-corrected chi connectivity index (χ2v) is 6.06. The van der Waals surface area contributed by atoms with Gasteiger partial charge in [-0.2, -0.15) is 0 Å². The van der Waals surface area contributed by atoms with Crippen LogP contribution in [0.3, 0.4) is 0 Å². The van der Waals surface area contributed by atoms with E-state index in [2.05, 4.69) is 27.3 Å². The Morgan fingerprint density at radius 3 is 2.95 bits per heavy atom. The quantitative estimate of drug-likeness (QED) is 0.901. The maximum Gasteiger partial charge on any atom is 0.0544 e. The van der Waals surface area contributed by atoms with Crippen LogP contribution in [0.4, 0.5) is 0 Å². The van der Waals surface area contributed by atoms with Gasteiger partial charge >= 0.3 is 0 Å². The summed E-state index contributed by atoms with van der Waals surface area (Å²) in [5.41, 5.74) is 2.49. The minimum Gasteiger partial charge on any atom is -0.316 e. The summed E-state index contributed by atoms with van der Waals surface area (Å²) in [7, 11) is 1.97. The molecule has 3 heteroatoms. The number of fused-ring (bicyclic) bond motifs is 1. The maximum atomic E-state index is 4.62. The molecule has 1 aromatic heterocycles. The SMILES string of the molecule is CNCc1ccc(CN2CCC3CCCCC32)nc1. The van der Waals surface area contributed by atoms with Crippen LogP contribution in [0.15, 0.2) is 18.3 Å². The molecule has 1 N–H and O–H groups in total. The van der Waals surface area contributed by atoms with E-state index in [-0.39, 0.29) is 0 Å². The van der Waals surface area contributed by atoms with E-state index >= 15 is 0 Å². The van der Waals surface area contributed by atoms with Crippen LogP contribution in [0.5, 0.6) is 0 Å². The van der Waals surface area contributed by atoms with Gasteiger partial charge in [-0.15, -0.1) is 0 Å². The molecule has 2 atom stereocenters. The van der Waals surface area contributed by atoms with Crippen LogP contribution in [-0.4, -0.2) is 29.5 Å². The van der Waals surface area contributed by atoms with Crippen molar-refractivity contribution in [2.24, 2.45) is 5.92 Å². The van der Waals surface area contributed by atoms with Gasteiger partial charge in [0.1, 0.15) is 0 Å². The normalized spacial score (nSPS) is 27.4. The van der Waals surface area contributed by atoms with E-state index in [9.17, 15) is 0 Å². The Bertz CT molecular complexity index is 401. The van der Waals surface area contributed by atoms with E-state index in [1.54, 1.807) is 0 Å². The van der Waals surface area contributed by atoms with Crippen LogP contribution in [0.1, 0.15) is 43.4 Å². The minimum atomic E-state index is 0.840. The molecular formula is C16H25N3. The number of likely N-dealkylation sites (tertiary alicyclic amines) is 1. The van der Waals surface area contributed by atoms with Crippen LogP contribution < -0.4 is 5.32 Å². The van der Waals surface area contributed by atoms with Gasteiger partial charge in [-0.1, -0.05) is 18.9 Å². The summed E-state index contributed by atoms with van der Waals surface area (Å²) in [4.78, 5) is 7.29. The minimum absolute atomic E-state index is 0.840. The number of hydrogen-bond acceptors (Lipinski definition) is 3. The Balaban J connectivity index is 1.61. The molecule has 3 nitrogen and oxygen atoms in total. The Morgan fingerprint density at radius 1 is 1.26 bits per heavy atom. The molecule has 2 heterocycles. The van der Waals surface area contributed by atoms with Gasteiger partial charge in [0.15, 0.2) is 0 Å². The van der Waals surface area contributed by atoms with Crippen molar-refractivity contribution in [2.45, 2.75) is 51.2 Å². The van der Waals surface area contributed by atoms with Gasteiger partial charge in [-0.3, -0.25) is 9.88 Å². The van der Waals surface area contributed by atoms with Gasteiger partial charge < -0.3 is 5.32 Å². The smallest absolute Gasteiger partial charge is 0.0544 e. The number of pyridine rings is 1. The van der Waals surface area contributed by atoms with Crippen molar-refractivity contribution in [1.82, 2.24) is 15.2 Å². The van der Waals surface area contributed by atoms with Crippen LogP contribution in [0.25, 0.3) is 0 Å². The van der Waals surface area contributed by atoms with E-state index in [1.165, 1.54) is 49.9 Å². The number of rotatable bonds is 4. The molecule has 2 aliphatic rings. The molecule has 2 unspecified atom stereocenters. The molecule has 1 aliphatic carbocycles. The summed E-state index contributed by atoms with van der Waals surface area (Å²) in [5, 5.41) is 3.16. The number of nitrogens with zero attached hydrogens (tertiary/aromatic N) is 2. The van der Waals surface area contributed by atoms with Crippen molar-refractivity contribution in [2.75, 3.05) is 13.6 Å². The van der Waals surface area contributed by atoms with Crippen LogP contribution in [0.2, 0.25) is 0 Å². The van der Waals surface area contributed by atoms with Gasteiger partial charge in [-0.25, -0.2) is 0 Å². The summed E-state index contributed by atoms with van der Waals surface area (Å²) in [5.74, 6) is 0.970. The summed E-state index contributed by atoms with van der Waals surface area (Å²) >= 11 is 0. The third-order valence-corrected chi connectivity index (χ3v) is 4.76. The van der Waals surface area contributed by atoms with Crippen LogP contribution in [0, 0.1) is 5.92 Å². The fourth-order valence-electron chi connectivity index (χ4n) is 3.76. The first kappa shape index (κ1) is 13.1. The van der Waals surface area contributed by atoms with Crippen molar-refractivity contribution < 1.29 is 0 Å². The molecule has 1 aliphatic heterocycles. The topological polar surface area (TPSA) is 28.2 Å². The van der Waals surface area contributed by atoms with Crippen molar-refractivity contribution in [1.29, 1.82) is 0 Å². The number of hydrogen-bond donors (Lipinski definition) is 1. The Labute approximate surface area is 116 Å². The monoisotopic (exact) mass is 259 g/mol. The molecule has 0 bridgehead atoms. The average molecular weight is 259 g/mol. The highest BCUT2D eigenvalue weighted by Crippen LogP contribution is 2.36. The molecule has 0 spiro atoms. The Hall–Kier alpha value is -0.930. The van der Waals surface area contributed by atoms with Gasteiger partial charge in [-0.05, 0) is 50.4 Å². The fourth-order valence-corrected chi connectivity index (χ4v) is 3.76. The maximum absolute atomic E-state index is 4.62. The molecular weight excluding hydrogens is 234 g/mol. The first-order chi connectivity index (χ1) is 9.36. The van der Waals surface area contributed by atoms with Gasteiger partial charge in [0.05, 0.1) is 5.69 Å². The molecule has 1 saturated heterocycles. The van der Waals surface area contributed by atoms with Crippen molar-refractivity contribution in [3.8, 4) is 0 Å². The molecule has 1 aromatic rings. The molecule has 0 radical (unpaired) electrons. The van der Waals surface area contributed by atoms with Gasteiger partial charge in [0, 0.05) is 25.3 Å². The predicted molar refractivity (Wildman–Crippen MR) is 77.8 cm³/mol. The lowest BCUT2D eigenvalue weighted by Crippen LogP contribution is -2.34. The van der Waals surface area contributed by atoms with Gasteiger partial charge in [0.2, 0.25) is 0 Å². The van der Waals surface area contributed by atoms with Gasteiger partial charge in [0.25, 0.3) is 0 Å². The Morgan fingerprint density at radius 2 is 2.16 bits per heavy atom. The highest BCUT2D eigenvalue weighted by Gasteiger charge is 2.35.